The average molecular weight is 415 g/mol. The Morgan fingerprint density at radius 2 is 2.00 bits per heavy atom. The van der Waals surface area contributed by atoms with E-state index in [1.165, 1.54) is 0 Å². The predicted octanol–water partition coefficient (Wildman–Crippen LogP) is 4.00. The molecule has 1 fully saturated rings. The fraction of sp³-hybridized carbons (Fsp3) is 0.435. The highest BCUT2D eigenvalue weighted by Gasteiger charge is 2.21. The third-order valence-electron chi connectivity index (χ3n) is 5.16. The van der Waals surface area contributed by atoms with Crippen LogP contribution in [-0.2, 0) is 4.74 Å². The van der Waals surface area contributed by atoms with Gasteiger partial charge in [0.15, 0.2) is 0 Å². The van der Waals surface area contributed by atoms with Gasteiger partial charge in [0.25, 0.3) is 5.91 Å². The molecule has 5 nitrogen and oxygen atoms in total. The number of methoxy groups -OCH3 is 1. The molecule has 1 heterocycles. The lowest BCUT2D eigenvalue weighted by molar-refractivity contribution is 0.0938. The van der Waals surface area contributed by atoms with Crippen LogP contribution in [0.1, 0.15) is 34.8 Å². The summed E-state index contributed by atoms with van der Waals surface area (Å²) >= 11 is 1.70. The number of thioether (sulfide) groups is 1. The van der Waals surface area contributed by atoms with E-state index in [0.717, 1.165) is 41.4 Å². The lowest BCUT2D eigenvalue weighted by Crippen LogP contribution is -2.35. The van der Waals surface area contributed by atoms with Crippen LogP contribution in [0.2, 0.25) is 0 Å². The Balaban J connectivity index is 1.67. The number of ether oxygens (including phenoxy) is 2. The van der Waals surface area contributed by atoms with Crippen LogP contribution in [0.25, 0.3) is 0 Å². The Bertz CT molecular complexity index is 806. The van der Waals surface area contributed by atoms with E-state index in [1.54, 1.807) is 18.9 Å². The summed E-state index contributed by atoms with van der Waals surface area (Å²) in [7, 11) is 5.69. The molecule has 1 aliphatic rings. The van der Waals surface area contributed by atoms with Crippen LogP contribution in [0.4, 0.5) is 0 Å². The molecule has 0 spiro atoms. The van der Waals surface area contributed by atoms with Crippen LogP contribution in [0.5, 0.6) is 5.75 Å². The third kappa shape index (κ3) is 5.75. The summed E-state index contributed by atoms with van der Waals surface area (Å²) in [6.07, 6.45) is 2.52. The lowest BCUT2D eigenvalue weighted by atomic mass is 10.0. The molecule has 1 N–H and O–H groups in total. The highest BCUT2D eigenvalue weighted by molar-refractivity contribution is 7.99. The molecule has 29 heavy (non-hydrogen) atoms. The van der Waals surface area contributed by atoms with E-state index in [9.17, 15) is 4.79 Å². The quantitative estimate of drug-likeness (QED) is 0.629. The van der Waals surface area contributed by atoms with E-state index in [2.05, 4.69) is 10.2 Å². The van der Waals surface area contributed by atoms with Crippen LogP contribution < -0.4 is 10.1 Å². The van der Waals surface area contributed by atoms with Gasteiger partial charge in [-0.1, -0.05) is 30.3 Å². The molecule has 2 unspecified atom stereocenters. The van der Waals surface area contributed by atoms with E-state index in [0.29, 0.717) is 18.2 Å². The van der Waals surface area contributed by atoms with Crippen molar-refractivity contribution < 1.29 is 14.3 Å². The largest absolute Gasteiger partial charge is 0.496 e. The summed E-state index contributed by atoms with van der Waals surface area (Å²) in [6.45, 7) is 1.35. The van der Waals surface area contributed by atoms with Crippen LogP contribution in [0, 0.1) is 0 Å². The van der Waals surface area contributed by atoms with Gasteiger partial charge in [-0.3, -0.25) is 4.79 Å². The number of amides is 1. The first-order valence-electron chi connectivity index (χ1n) is 10.0. The third-order valence-corrected chi connectivity index (χ3v) is 6.36. The van der Waals surface area contributed by atoms with Crippen molar-refractivity contribution in [2.24, 2.45) is 0 Å². The normalized spacial score (nSPS) is 17.3. The molecule has 0 aliphatic carbocycles. The molecule has 1 amide bonds. The molecular formula is C23H30N2O3S. The minimum Gasteiger partial charge on any atom is -0.496 e. The van der Waals surface area contributed by atoms with Crippen LogP contribution in [-0.4, -0.2) is 57.0 Å². The number of hydrogen-bond acceptors (Lipinski definition) is 5. The summed E-state index contributed by atoms with van der Waals surface area (Å²) < 4.78 is 11.2. The maximum atomic E-state index is 13.0. The first-order valence-corrected chi connectivity index (χ1v) is 11.0. The number of rotatable bonds is 9. The Labute approximate surface area is 177 Å². The molecule has 3 rings (SSSR count). The number of para-hydroxylation sites is 1. The van der Waals surface area contributed by atoms with Crippen LogP contribution in [0.3, 0.4) is 0 Å². The Morgan fingerprint density at radius 3 is 2.72 bits per heavy atom. The molecule has 0 radical (unpaired) electrons. The molecule has 2 aromatic carbocycles. The molecular weight excluding hydrogens is 384 g/mol. The van der Waals surface area contributed by atoms with Crippen molar-refractivity contribution in [2.45, 2.75) is 29.9 Å². The molecule has 0 bridgehead atoms. The van der Waals surface area contributed by atoms with Crippen molar-refractivity contribution in [1.82, 2.24) is 10.2 Å². The number of nitrogens with one attached hydrogen (secondary N) is 1. The van der Waals surface area contributed by atoms with Crippen molar-refractivity contribution in [3.05, 3.63) is 59.7 Å². The van der Waals surface area contributed by atoms with Gasteiger partial charge in [0.05, 0.1) is 24.8 Å². The fourth-order valence-corrected chi connectivity index (χ4v) is 4.65. The van der Waals surface area contributed by atoms with Gasteiger partial charge in [-0.2, -0.15) is 0 Å². The van der Waals surface area contributed by atoms with Gasteiger partial charge in [0.1, 0.15) is 5.75 Å². The molecule has 0 aromatic heterocycles. The molecule has 6 heteroatoms. The van der Waals surface area contributed by atoms with Crippen LogP contribution >= 0.6 is 11.8 Å². The topological polar surface area (TPSA) is 50.8 Å². The Morgan fingerprint density at radius 1 is 1.24 bits per heavy atom. The molecule has 2 aromatic rings. The second-order valence-corrected chi connectivity index (χ2v) is 8.44. The number of carbonyl (C=O) groups is 1. The highest BCUT2D eigenvalue weighted by atomic mass is 32.2. The molecule has 156 valence electrons. The van der Waals surface area contributed by atoms with Crippen molar-refractivity contribution in [3.63, 3.8) is 0 Å². The first-order chi connectivity index (χ1) is 14.1. The maximum absolute atomic E-state index is 13.0. The second kappa shape index (κ2) is 10.7. The summed E-state index contributed by atoms with van der Waals surface area (Å²) in [5, 5.41) is 3.12. The second-order valence-electron chi connectivity index (χ2n) is 7.37. The van der Waals surface area contributed by atoms with Crippen molar-refractivity contribution in [1.29, 1.82) is 0 Å². The van der Waals surface area contributed by atoms with Gasteiger partial charge < -0.3 is 19.7 Å². The monoisotopic (exact) mass is 414 g/mol. The van der Waals surface area contributed by atoms with Gasteiger partial charge >= 0.3 is 0 Å². The van der Waals surface area contributed by atoms with E-state index in [-0.39, 0.29) is 11.9 Å². The van der Waals surface area contributed by atoms with E-state index in [1.807, 2.05) is 62.6 Å². The zero-order valence-electron chi connectivity index (χ0n) is 17.4. The highest BCUT2D eigenvalue weighted by Crippen LogP contribution is 2.29. The van der Waals surface area contributed by atoms with Gasteiger partial charge in [-0.15, -0.1) is 11.8 Å². The Hall–Kier alpha value is -2.02. The maximum Gasteiger partial charge on any atom is 0.252 e. The standard InChI is InChI=1S/C23H30N2O3S/c1-25(2)20(18-10-4-6-12-21(18)27-3)15-24-23(26)19-11-5-7-13-22(19)29-16-17-9-8-14-28-17/h4-7,10-13,17,20H,8-9,14-16H2,1-3H3,(H,24,26). The van der Waals surface area contributed by atoms with Crippen molar-refractivity contribution >= 4 is 17.7 Å². The van der Waals surface area contributed by atoms with E-state index >= 15 is 0 Å². The van der Waals surface area contributed by atoms with Gasteiger partial charge in [-0.05, 0) is 45.1 Å². The van der Waals surface area contributed by atoms with Crippen LogP contribution in [0.15, 0.2) is 53.4 Å². The predicted molar refractivity (Wildman–Crippen MR) is 118 cm³/mol. The first kappa shape index (κ1) is 21.7. The number of nitrogens with zero attached hydrogens (tertiary/aromatic N) is 1. The zero-order valence-corrected chi connectivity index (χ0v) is 18.2. The summed E-state index contributed by atoms with van der Waals surface area (Å²) in [6, 6.07) is 15.7. The number of likely N-dealkylation sites (N-methyl/N-ethyl adjacent to an activating group) is 1. The molecule has 2 atom stereocenters. The van der Waals surface area contributed by atoms with Gasteiger partial charge in [-0.25, -0.2) is 0 Å². The minimum absolute atomic E-state index is 0.0156. The molecule has 1 saturated heterocycles. The van der Waals surface area contributed by atoms with Gasteiger partial charge in [0, 0.05) is 29.4 Å². The summed E-state index contributed by atoms with van der Waals surface area (Å²) in [4.78, 5) is 16.1. The summed E-state index contributed by atoms with van der Waals surface area (Å²) in [5.74, 6) is 1.65. The molecule has 1 aliphatic heterocycles. The number of carbonyl (C=O) groups excluding carboxylic acids is 1. The van der Waals surface area contributed by atoms with E-state index in [4.69, 9.17) is 9.47 Å². The van der Waals surface area contributed by atoms with Crippen molar-refractivity contribution in [2.75, 3.05) is 40.1 Å². The smallest absolute Gasteiger partial charge is 0.252 e. The SMILES string of the molecule is COc1ccccc1C(CNC(=O)c1ccccc1SCC1CCCO1)N(C)C. The Kier molecular flexibility index (Phi) is 7.98. The summed E-state index contributed by atoms with van der Waals surface area (Å²) in [5.41, 5.74) is 1.77. The fourth-order valence-electron chi connectivity index (χ4n) is 3.54. The van der Waals surface area contributed by atoms with Crippen molar-refractivity contribution in [3.8, 4) is 5.75 Å². The molecule has 0 saturated carbocycles. The zero-order chi connectivity index (χ0) is 20.6. The lowest BCUT2D eigenvalue weighted by Gasteiger charge is -2.26. The number of hydrogen-bond donors (Lipinski definition) is 1. The van der Waals surface area contributed by atoms with Gasteiger partial charge in [0.2, 0.25) is 0 Å². The number of benzene rings is 2. The van der Waals surface area contributed by atoms with E-state index < -0.39 is 0 Å². The average Bonchev–Trinajstić information content (AvgIpc) is 3.26. The minimum atomic E-state index is -0.0535.